The molecule has 17 heavy (non-hydrogen) atoms. The summed E-state index contributed by atoms with van der Waals surface area (Å²) in [4.78, 5) is 4.33. The van der Waals surface area contributed by atoms with E-state index in [0.29, 0.717) is 5.71 Å². The Bertz CT molecular complexity index is 583. The van der Waals surface area contributed by atoms with Crippen LogP contribution in [0.5, 0.6) is 0 Å². The number of rotatable bonds is 2. The minimum absolute atomic E-state index is 0.420. The van der Waals surface area contributed by atoms with Crippen LogP contribution in [0.1, 0.15) is 5.56 Å². The van der Waals surface area contributed by atoms with Crippen molar-refractivity contribution in [3.05, 3.63) is 64.6 Å². The molecule has 2 aromatic rings. The molecular formula is C14H9BrN2. The summed E-state index contributed by atoms with van der Waals surface area (Å²) < 4.78 is 0.948. The molecule has 82 valence electrons. The number of nitrogens with zero attached hydrogens (tertiary/aromatic N) is 2. The van der Waals surface area contributed by atoms with E-state index in [1.165, 1.54) is 0 Å². The standard InChI is InChI=1S/C14H9BrN2/c15-12-7-4-8-13(9-12)17-14(10-16)11-5-2-1-3-6-11/h1-9H. The summed E-state index contributed by atoms with van der Waals surface area (Å²) in [5.41, 5.74) is 2.01. The topological polar surface area (TPSA) is 36.1 Å². The van der Waals surface area contributed by atoms with Gasteiger partial charge in [-0.25, -0.2) is 4.99 Å². The first kappa shape index (κ1) is 11.6. The molecule has 0 saturated heterocycles. The van der Waals surface area contributed by atoms with Crippen molar-refractivity contribution < 1.29 is 0 Å². The second-order valence-corrected chi connectivity index (χ2v) is 4.33. The van der Waals surface area contributed by atoms with E-state index in [9.17, 15) is 0 Å². The molecule has 0 aromatic heterocycles. The van der Waals surface area contributed by atoms with E-state index in [1.807, 2.05) is 54.6 Å². The Hall–Kier alpha value is -1.92. The van der Waals surface area contributed by atoms with Crippen molar-refractivity contribution in [2.24, 2.45) is 4.99 Å². The molecule has 0 aliphatic heterocycles. The van der Waals surface area contributed by atoms with Gasteiger partial charge < -0.3 is 0 Å². The van der Waals surface area contributed by atoms with Crippen LogP contribution in [0.15, 0.2) is 64.1 Å². The third kappa shape index (κ3) is 3.02. The first-order chi connectivity index (χ1) is 8.29. The fourth-order valence-corrected chi connectivity index (χ4v) is 1.81. The Morgan fingerprint density at radius 2 is 1.82 bits per heavy atom. The number of hydrogen-bond donors (Lipinski definition) is 0. The molecule has 0 N–H and O–H groups in total. The number of aliphatic imine (C=N–C) groups is 1. The molecule has 0 unspecified atom stereocenters. The predicted molar refractivity (Wildman–Crippen MR) is 72.4 cm³/mol. The summed E-state index contributed by atoms with van der Waals surface area (Å²) in [5, 5.41) is 9.12. The Morgan fingerprint density at radius 1 is 1.06 bits per heavy atom. The van der Waals surface area contributed by atoms with Crippen LogP contribution in [0.3, 0.4) is 0 Å². The highest BCUT2D eigenvalue weighted by atomic mass is 79.9. The largest absolute Gasteiger partial charge is 0.237 e. The Labute approximate surface area is 108 Å². The van der Waals surface area contributed by atoms with Gasteiger partial charge in [-0.1, -0.05) is 52.3 Å². The van der Waals surface area contributed by atoms with Gasteiger partial charge in [-0.3, -0.25) is 0 Å². The van der Waals surface area contributed by atoms with Crippen LogP contribution < -0.4 is 0 Å². The Balaban J connectivity index is 2.41. The monoisotopic (exact) mass is 284 g/mol. The van der Waals surface area contributed by atoms with Crippen LogP contribution >= 0.6 is 15.9 Å². The summed E-state index contributed by atoms with van der Waals surface area (Å²) in [7, 11) is 0. The zero-order valence-corrected chi connectivity index (χ0v) is 10.6. The zero-order valence-electron chi connectivity index (χ0n) is 8.97. The lowest BCUT2D eigenvalue weighted by Crippen LogP contribution is -1.95. The van der Waals surface area contributed by atoms with Crippen molar-refractivity contribution in [3.63, 3.8) is 0 Å². The van der Waals surface area contributed by atoms with Crippen molar-refractivity contribution in [1.82, 2.24) is 0 Å². The second-order valence-electron chi connectivity index (χ2n) is 3.42. The van der Waals surface area contributed by atoms with Gasteiger partial charge >= 0.3 is 0 Å². The molecule has 0 atom stereocenters. The van der Waals surface area contributed by atoms with Gasteiger partial charge in [0.25, 0.3) is 0 Å². The van der Waals surface area contributed by atoms with Crippen LogP contribution in [-0.4, -0.2) is 5.71 Å². The first-order valence-electron chi connectivity index (χ1n) is 5.09. The molecule has 0 radical (unpaired) electrons. The van der Waals surface area contributed by atoms with E-state index in [0.717, 1.165) is 15.7 Å². The van der Waals surface area contributed by atoms with E-state index < -0.39 is 0 Å². The quantitative estimate of drug-likeness (QED) is 0.765. The van der Waals surface area contributed by atoms with E-state index in [4.69, 9.17) is 5.26 Å². The van der Waals surface area contributed by atoms with Crippen molar-refractivity contribution in [2.75, 3.05) is 0 Å². The van der Waals surface area contributed by atoms with Crippen LogP contribution in [0.25, 0.3) is 0 Å². The molecule has 3 heteroatoms. The van der Waals surface area contributed by atoms with Gasteiger partial charge in [0, 0.05) is 10.0 Å². The summed E-state index contributed by atoms with van der Waals surface area (Å²) in [5.74, 6) is 0. The lowest BCUT2D eigenvalue weighted by atomic mass is 10.1. The normalized spacial score (nSPS) is 10.9. The SMILES string of the molecule is N#CC(=Nc1cccc(Br)c1)c1ccccc1. The van der Waals surface area contributed by atoms with Gasteiger partial charge in [-0.05, 0) is 18.2 Å². The van der Waals surface area contributed by atoms with Gasteiger partial charge in [0.2, 0.25) is 0 Å². The van der Waals surface area contributed by atoms with Crippen molar-refractivity contribution in [2.45, 2.75) is 0 Å². The van der Waals surface area contributed by atoms with E-state index in [1.54, 1.807) is 0 Å². The number of halogens is 1. The van der Waals surface area contributed by atoms with Crippen molar-refractivity contribution in [3.8, 4) is 6.07 Å². The highest BCUT2D eigenvalue weighted by Crippen LogP contribution is 2.19. The minimum Gasteiger partial charge on any atom is -0.237 e. The molecule has 0 fully saturated rings. The lowest BCUT2D eigenvalue weighted by molar-refractivity contribution is 1.47. The molecule has 2 aromatic carbocycles. The molecule has 2 nitrogen and oxygen atoms in total. The summed E-state index contributed by atoms with van der Waals surface area (Å²) >= 11 is 3.38. The third-order valence-electron chi connectivity index (χ3n) is 2.20. The fraction of sp³-hybridized carbons (Fsp3) is 0. The Morgan fingerprint density at radius 3 is 2.47 bits per heavy atom. The minimum atomic E-state index is 0.420. The lowest BCUT2D eigenvalue weighted by Gasteiger charge is -1.99. The summed E-state index contributed by atoms with van der Waals surface area (Å²) in [6, 6.07) is 19.1. The summed E-state index contributed by atoms with van der Waals surface area (Å²) in [6.45, 7) is 0. The van der Waals surface area contributed by atoms with Gasteiger partial charge in [-0.15, -0.1) is 0 Å². The predicted octanol–water partition coefficient (Wildman–Crippen LogP) is 4.09. The highest BCUT2D eigenvalue weighted by molar-refractivity contribution is 9.10. The molecule has 0 heterocycles. The number of nitriles is 1. The van der Waals surface area contributed by atoms with Gasteiger partial charge in [-0.2, -0.15) is 5.26 Å². The van der Waals surface area contributed by atoms with E-state index in [-0.39, 0.29) is 0 Å². The molecule has 0 aliphatic carbocycles. The average Bonchev–Trinajstić information content (AvgIpc) is 2.37. The molecule has 0 bridgehead atoms. The van der Waals surface area contributed by atoms with Crippen LogP contribution in [0.2, 0.25) is 0 Å². The van der Waals surface area contributed by atoms with Gasteiger partial charge in [0.05, 0.1) is 5.69 Å². The summed E-state index contributed by atoms with van der Waals surface area (Å²) in [6.07, 6.45) is 0. The molecule has 0 spiro atoms. The molecule has 2 rings (SSSR count). The van der Waals surface area contributed by atoms with E-state index in [2.05, 4.69) is 27.0 Å². The Kier molecular flexibility index (Phi) is 3.69. The molecular weight excluding hydrogens is 276 g/mol. The van der Waals surface area contributed by atoms with Crippen molar-refractivity contribution >= 4 is 27.3 Å². The smallest absolute Gasteiger partial charge is 0.148 e. The second kappa shape index (κ2) is 5.42. The van der Waals surface area contributed by atoms with Crippen LogP contribution in [-0.2, 0) is 0 Å². The highest BCUT2D eigenvalue weighted by Gasteiger charge is 2.01. The molecule has 0 aliphatic rings. The molecule has 0 saturated carbocycles. The van der Waals surface area contributed by atoms with E-state index >= 15 is 0 Å². The number of hydrogen-bond acceptors (Lipinski definition) is 2. The van der Waals surface area contributed by atoms with Crippen molar-refractivity contribution in [1.29, 1.82) is 5.26 Å². The van der Waals surface area contributed by atoms with Gasteiger partial charge in [0.1, 0.15) is 11.8 Å². The van der Waals surface area contributed by atoms with Crippen LogP contribution in [0, 0.1) is 11.3 Å². The fourth-order valence-electron chi connectivity index (χ4n) is 1.42. The molecule has 0 amide bonds. The van der Waals surface area contributed by atoms with Gasteiger partial charge in [0.15, 0.2) is 0 Å². The zero-order chi connectivity index (χ0) is 12.1. The third-order valence-corrected chi connectivity index (χ3v) is 2.70. The first-order valence-corrected chi connectivity index (χ1v) is 5.88. The maximum absolute atomic E-state index is 9.12. The maximum atomic E-state index is 9.12. The van der Waals surface area contributed by atoms with Crippen LogP contribution in [0.4, 0.5) is 5.69 Å². The number of benzene rings is 2. The average molecular weight is 285 g/mol. The maximum Gasteiger partial charge on any atom is 0.148 e.